The normalized spacial score (nSPS) is 11.7. The summed E-state index contributed by atoms with van der Waals surface area (Å²) in [6, 6.07) is 0. The molecule has 0 amide bonds. The minimum absolute atomic E-state index is 0. The van der Waals surface area contributed by atoms with Gasteiger partial charge in [0.15, 0.2) is 11.1 Å². The minimum atomic E-state index is -2.03. The molecule has 7 heavy (non-hydrogen) atoms. The first kappa shape index (κ1) is 10.4. The monoisotopic (exact) mass is 171 g/mol. The Balaban J connectivity index is 0. The Bertz CT molecular complexity index is 81.7. The van der Waals surface area contributed by atoms with Crippen LogP contribution in [0.5, 0.6) is 0 Å². The minimum Gasteiger partial charge on any atom is -0.301 e. The van der Waals surface area contributed by atoms with Crippen LogP contribution in [0.2, 0.25) is 0 Å². The zero-order valence-corrected chi connectivity index (χ0v) is 7.75. The fraction of sp³-hybridized carbons (Fsp3) is 0.500. The third-order valence-corrected chi connectivity index (χ3v) is 0.786. The van der Waals surface area contributed by atoms with Gasteiger partial charge in [0.05, 0.1) is 0 Å². The van der Waals surface area contributed by atoms with Crippen molar-refractivity contribution in [1.82, 2.24) is 0 Å². The molecule has 1 atom stereocenters. The first-order valence-corrected chi connectivity index (χ1v) is 2.41. The van der Waals surface area contributed by atoms with E-state index >= 15 is 0 Å². The Morgan fingerprint density at radius 2 is 2.00 bits per heavy atom. The van der Waals surface area contributed by atoms with Crippen LogP contribution in [0.4, 0.5) is 0 Å². The maximum absolute atomic E-state index is 9.59. The Kier molecular flexibility index (Phi) is 6.77. The van der Waals surface area contributed by atoms with E-state index in [1.807, 2.05) is 0 Å². The van der Waals surface area contributed by atoms with Crippen LogP contribution in [0.15, 0.2) is 0 Å². The van der Waals surface area contributed by atoms with Crippen molar-refractivity contribution in [3.05, 3.63) is 0 Å². The van der Waals surface area contributed by atoms with Gasteiger partial charge in [-0.2, -0.15) is 0 Å². The van der Waals surface area contributed by atoms with Gasteiger partial charge in [-0.3, -0.25) is 5.41 Å². The first-order valence-electron chi connectivity index (χ1n) is 1.30. The zero-order valence-electron chi connectivity index (χ0n) is 3.97. The summed E-state index contributed by atoms with van der Waals surface area (Å²) >= 11 is -2.03. The SMILES string of the molecule is CC(=N)S(=O)O.[Zn]. The van der Waals surface area contributed by atoms with Crippen molar-refractivity contribution < 1.29 is 28.2 Å². The fourth-order valence-electron chi connectivity index (χ4n) is 0. The quantitative estimate of drug-likeness (QED) is 0.237. The molecule has 0 rings (SSSR count). The Morgan fingerprint density at radius 3 is 2.00 bits per heavy atom. The third-order valence-electron chi connectivity index (χ3n) is 0.262. The van der Waals surface area contributed by atoms with Crippen molar-refractivity contribution in [1.29, 1.82) is 5.41 Å². The maximum Gasteiger partial charge on any atom is 0.200 e. The predicted octanol–water partition coefficient (Wildman–Crippen LogP) is 0.203. The summed E-state index contributed by atoms with van der Waals surface area (Å²) in [5.41, 5.74) is 0. The molecule has 0 bridgehead atoms. The molecule has 0 heterocycles. The van der Waals surface area contributed by atoms with Crippen LogP contribution in [-0.4, -0.2) is 13.8 Å². The molecule has 0 aromatic carbocycles. The van der Waals surface area contributed by atoms with Gasteiger partial charge in [0.2, 0.25) is 0 Å². The smallest absolute Gasteiger partial charge is 0.200 e. The van der Waals surface area contributed by atoms with E-state index in [0.717, 1.165) is 0 Å². The first-order chi connectivity index (χ1) is 2.64. The van der Waals surface area contributed by atoms with Gasteiger partial charge in [0.1, 0.15) is 5.04 Å². The molecule has 0 aliphatic rings. The van der Waals surface area contributed by atoms with Crippen molar-refractivity contribution in [3.8, 4) is 0 Å². The molecular formula is C2H5NO2SZn. The van der Waals surface area contributed by atoms with Crippen LogP contribution in [0.25, 0.3) is 0 Å². The van der Waals surface area contributed by atoms with E-state index in [-0.39, 0.29) is 24.5 Å². The molecule has 0 spiro atoms. The molecule has 0 aliphatic heterocycles. The van der Waals surface area contributed by atoms with Gasteiger partial charge >= 0.3 is 0 Å². The average Bonchev–Trinajstić information content (AvgIpc) is 1.36. The van der Waals surface area contributed by atoms with E-state index in [9.17, 15) is 4.21 Å². The summed E-state index contributed by atoms with van der Waals surface area (Å²) in [6.07, 6.45) is 0. The molecule has 1 unspecified atom stereocenters. The van der Waals surface area contributed by atoms with Crippen LogP contribution in [-0.2, 0) is 30.6 Å². The standard InChI is InChI=1S/C2H5NO2S.Zn/c1-2(3)6(4)5;/h3H,1H3,(H,4,5);. The maximum atomic E-state index is 9.59. The molecule has 0 aromatic heterocycles. The largest absolute Gasteiger partial charge is 0.301 e. The molecule has 0 aliphatic carbocycles. The molecule has 0 radical (unpaired) electrons. The van der Waals surface area contributed by atoms with Crippen molar-refractivity contribution in [2.24, 2.45) is 0 Å². The van der Waals surface area contributed by atoms with E-state index < -0.39 is 11.1 Å². The Morgan fingerprint density at radius 1 is 1.86 bits per heavy atom. The Hall–Kier alpha value is 0.403. The molecule has 2 N–H and O–H groups in total. The van der Waals surface area contributed by atoms with Crippen molar-refractivity contribution >= 4 is 16.1 Å². The van der Waals surface area contributed by atoms with Gasteiger partial charge in [-0.25, -0.2) is 4.21 Å². The summed E-state index contributed by atoms with van der Waals surface area (Å²) in [5, 5.41) is 6.19. The van der Waals surface area contributed by atoms with Crippen LogP contribution in [0.1, 0.15) is 6.92 Å². The number of hydrogen-bond acceptors (Lipinski definition) is 2. The van der Waals surface area contributed by atoms with E-state index in [0.29, 0.717) is 0 Å². The molecular weight excluding hydrogens is 167 g/mol. The summed E-state index contributed by atoms with van der Waals surface area (Å²) in [6.45, 7) is 1.27. The molecule has 0 saturated carbocycles. The van der Waals surface area contributed by atoms with E-state index in [2.05, 4.69) is 0 Å². The second kappa shape index (κ2) is 4.56. The fourth-order valence-corrected chi connectivity index (χ4v) is 0. The van der Waals surface area contributed by atoms with Crippen molar-refractivity contribution in [2.45, 2.75) is 6.92 Å². The van der Waals surface area contributed by atoms with Gasteiger partial charge in [-0.1, -0.05) is 0 Å². The molecule has 5 heteroatoms. The number of hydrogen-bond donors (Lipinski definition) is 2. The molecule has 0 aromatic rings. The summed E-state index contributed by atoms with van der Waals surface area (Å²) < 4.78 is 17.5. The number of nitrogens with one attached hydrogen (secondary N) is 1. The van der Waals surface area contributed by atoms with E-state index in [1.54, 1.807) is 0 Å². The van der Waals surface area contributed by atoms with Gasteiger partial charge < -0.3 is 4.55 Å². The van der Waals surface area contributed by atoms with E-state index in [4.69, 9.17) is 9.96 Å². The van der Waals surface area contributed by atoms with Gasteiger partial charge in [-0.05, 0) is 6.92 Å². The van der Waals surface area contributed by atoms with Crippen molar-refractivity contribution in [3.63, 3.8) is 0 Å². The van der Waals surface area contributed by atoms with Gasteiger partial charge in [0, 0.05) is 19.5 Å². The van der Waals surface area contributed by atoms with Crippen LogP contribution < -0.4 is 0 Å². The molecule has 3 nitrogen and oxygen atoms in total. The van der Waals surface area contributed by atoms with E-state index in [1.165, 1.54) is 6.92 Å². The second-order valence-corrected chi connectivity index (χ2v) is 1.92. The number of rotatable bonds is 0. The van der Waals surface area contributed by atoms with Crippen LogP contribution in [0, 0.1) is 5.41 Å². The topological polar surface area (TPSA) is 61.2 Å². The van der Waals surface area contributed by atoms with Crippen LogP contribution >= 0.6 is 0 Å². The predicted molar refractivity (Wildman–Crippen MR) is 24.2 cm³/mol. The average molecular weight is 173 g/mol. The Labute approximate surface area is 57.1 Å². The van der Waals surface area contributed by atoms with Crippen LogP contribution in [0.3, 0.4) is 0 Å². The van der Waals surface area contributed by atoms with Gasteiger partial charge in [0.25, 0.3) is 0 Å². The molecule has 0 saturated heterocycles. The van der Waals surface area contributed by atoms with Crippen molar-refractivity contribution in [2.75, 3.05) is 0 Å². The summed E-state index contributed by atoms with van der Waals surface area (Å²) in [7, 11) is 0. The molecule has 38 valence electrons. The summed E-state index contributed by atoms with van der Waals surface area (Å²) in [5.74, 6) is 0. The molecule has 0 fully saturated rings. The summed E-state index contributed by atoms with van der Waals surface area (Å²) in [4.78, 5) is 0. The second-order valence-electron chi connectivity index (χ2n) is 0.805. The van der Waals surface area contributed by atoms with Gasteiger partial charge in [-0.15, -0.1) is 0 Å². The zero-order chi connectivity index (χ0) is 5.15. The third kappa shape index (κ3) is 6.40.